The highest BCUT2D eigenvalue weighted by atomic mass is 127. The maximum Gasteiger partial charge on any atom is 0.0114 e. The highest BCUT2D eigenvalue weighted by Gasteiger charge is 2.34. The molecule has 1 aliphatic carbocycles. The topological polar surface area (TPSA) is 0 Å². The Balaban J connectivity index is 2.25. The zero-order valence-corrected chi connectivity index (χ0v) is 18.0. The van der Waals surface area contributed by atoms with Crippen LogP contribution in [0.2, 0.25) is 0 Å². The molecule has 1 heteroatoms. The zero-order chi connectivity index (χ0) is 17.7. The Morgan fingerprint density at radius 2 is 2.00 bits per heavy atom. The van der Waals surface area contributed by atoms with Gasteiger partial charge in [0.1, 0.15) is 0 Å². The second-order valence-electron chi connectivity index (χ2n) is 7.42. The molecule has 24 heavy (non-hydrogen) atoms. The van der Waals surface area contributed by atoms with Crippen LogP contribution in [-0.2, 0) is 11.8 Å². The average molecular weight is 434 g/mol. The van der Waals surface area contributed by atoms with Crippen molar-refractivity contribution in [2.75, 3.05) is 0 Å². The van der Waals surface area contributed by atoms with Crippen molar-refractivity contribution in [2.45, 2.75) is 65.7 Å². The van der Waals surface area contributed by atoms with Gasteiger partial charge in [0.2, 0.25) is 0 Å². The summed E-state index contributed by atoms with van der Waals surface area (Å²) >= 11 is 2.47. The van der Waals surface area contributed by atoms with Crippen LogP contribution in [0, 0.1) is 5.92 Å². The van der Waals surface area contributed by atoms with E-state index >= 15 is 0 Å². The first-order valence-electron chi connectivity index (χ1n) is 9.20. The maximum atomic E-state index is 2.51. The first kappa shape index (κ1) is 19.5. The van der Waals surface area contributed by atoms with Gasteiger partial charge >= 0.3 is 0 Å². The lowest BCUT2D eigenvalue weighted by Crippen LogP contribution is -2.16. The molecular formula is C23H31I. The van der Waals surface area contributed by atoms with E-state index in [1.54, 1.807) is 5.57 Å². The predicted molar refractivity (Wildman–Crippen MR) is 116 cm³/mol. The molecule has 1 unspecified atom stereocenters. The Morgan fingerprint density at radius 3 is 2.62 bits per heavy atom. The van der Waals surface area contributed by atoms with Crippen LogP contribution in [0.5, 0.6) is 0 Å². The maximum absolute atomic E-state index is 2.51. The van der Waals surface area contributed by atoms with Crippen molar-refractivity contribution in [1.29, 1.82) is 0 Å². The van der Waals surface area contributed by atoms with Gasteiger partial charge in [0.25, 0.3) is 0 Å². The summed E-state index contributed by atoms with van der Waals surface area (Å²) < 4.78 is 1.47. The van der Waals surface area contributed by atoms with Crippen molar-refractivity contribution in [3.63, 3.8) is 0 Å². The Bertz CT molecular complexity index is 658. The van der Waals surface area contributed by atoms with Gasteiger partial charge in [0.15, 0.2) is 0 Å². The van der Waals surface area contributed by atoms with E-state index in [2.05, 4.69) is 99.7 Å². The van der Waals surface area contributed by atoms with Crippen LogP contribution < -0.4 is 0 Å². The summed E-state index contributed by atoms with van der Waals surface area (Å²) in [5, 5.41) is 0. The van der Waals surface area contributed by atoms with Gasteiger partial charge in [-0.15, -0.1) is 0 Å². The molecule has 0 heterocycles. The van der Waals surface area contributed by atoms with Crippen LogP contribution >= 0.6 is 22.6 Å². The van der Waals surface area contributed by atoms with Crippen LogP contribution in [0.25, 0.3) is 0 Å². The third kappa shape index (κ3) is 4.41. The number of fused-ring (bicyclic) bond motifs is 1. The number of allylic oxidation sites excluding steroid dienone is 6. The molecule has 0 fully saturated rings. The highest BCUT2D eigenvalue weighted by molar-refractivity contribution is 14.1. The van der Waals surface area contributed by atoms with Crippen LogP contribution in [0.15, 0.2) is 57.2 Å². The number of halogens is 1. The summed E-state index contributed by atoms with van der Waals surface area (Å²) in [6.45, 7) is 11.5. The Hall–Kier alpha value is -0.830. The van der Waals surface area contributed by atoms with E-state index in [0.717, 1.165) is 12.8 Å². The molecule has 2 rings (SSSR count). The van der Waals surface area contributed by atoms with Gasteiger partial charge in [0.05, 0.1) is 0 Å². The Morgan fingerprint density at radius 1 is 1.29 bits per heavy atom. The molecule has 0 amide bonds. The summed E-state index contributed by atoms with van der Waals surface area (Å²) in [6.07, 6.45) is 11.8. The Labute approximate surface area is 162 Å². The minimum absolute atomic E-state index is 0.154. The fraction of sp³-hybridized carbons (Fsp3) is 0.478. The molecule has 1 aromatic rings. The lowest BCUT2D eigenvalue weighted by molar-refractivity contribution is 0.615. The summed E-state index contributed by atoms with van der Waals surface area (Å²) in [4.78, 5) is 0. The van der Waals surface area contributed by atoms with Gasteiger partial charge in [0, 0.05) is 5.41 Å². The van der Waals surface area contributed by atoms with Gasteiger partial charge < -0.3 is 0 Å². The smallest absolute Gasteiger partial charge is 0.0114 e. The lowest BCUT2D eigenvalue weighted by Gasteiger charge is -2.23. The third-order valence-electron chi connectivity index (χ3n) is 5.35. The normalized spacial score (nSPS) is 20.3. The quantitative estimate of drug-likeness (QED) is 0.406. The number of hydrogen-bond acceptors (Lipinski definition) is 0. The van der Waals surface area contributed by atoms with E-state index in [1.165, 1.54) is 33.1 Å². The van der Waals surface area contributed by atoms with Crippen LogP contribution in [0.4, 0.5) is 0 Å². The molecule has 0 saturated carbocycles. The van der Waals surface area contributed by atoms with Crippen LogP contribution in [-0.4, -0.2) is 0 Å². The monoisotopic (exact) mass is 434 g/mol. The number of hydrogen-bond donors (Lipinski definition) is 0. The van der Waals surface area contributed by atoms with Crippen molar-refractivity contribution in [1.82, 2.24) is 0 Å². The van der Waals surface area contributed by atoms with Crippen LogP contribution in [0.3, 0.4) is 0 Å². The average Bonchev–Trinajstić information content (AvgIpc) is 2.83. The van der Waals surface area contributed by atoms with Gasteiger partial charge in [-0.2, -0.15) is 0 Å². The molecule has 1 atom stereocenters. The van der Waals surface area contributed by atoms with Gasteiger partial charge in [-0.3, -0.25) is 0 Å². The van der Waals surface area contributed by atoms with E-state index in [0.29, 0.717) is 5.92 Å². The molecule has 0 aliphatic heterocycles. The molecule has 0 aromatic heterocycles. The first-order valence-corrected chi connectivity index (χ1v) is 10.3. The third-order valence-corrected chi connectivity index (χ3v) is 6.52. The largest absolute Gasteiger partial charge is 0.0813 e. The lowest BCUT2D eigenvalue weighted by atomic mass is 9.81. The zero-order valence-electron chi connectivity index (χ0n) is 15.8. The molecule has 0 saturated heterocycles. The molecular weight excluding hydrogens is 403 g/mol. The van der Waals surface area contributed by atoms with Crippen molar-refractivity contribution < 1.29 is 0 Å². The second kappa shape index (κ2) is 8.51. The Kier molecular flexibility index (Phi) is 6.91. The molecule has 130 valence electrons. The minimum atomic E-state index is 0.154. The van der Waals surface area contributed by atoms with E-state index in [1.807, 2.05) is 0 Å². The summed E-state index contributed by atoms with van der Waals surface area (Å²) in [5.74, 6) is 0.613. The van der Waals surface area contributed by atoms with Crippen molar-refractivity contribution >= 4 is 22.6 Å². The van der Waals surface area contributed by atoms with E-state index in [4.69, 9.17) is 0 Å². The summed E-state index contributed by atoms with van der Waals surface area (Å²) in [7, 11) is 0. The number of benzene rings is 1. The second-order valence-corrected chi connectivity index (χ2v) is 8.80. The van der Waals surface area contributed by atoms with Gasteiger partial charge in [-0.1, -0.05) is 75.8 Å². The van der Waals surface area contributed by atoms with E-state index in [-0.39, 0.29) is 5.41 Å². The van der Waals surface area contributed by atoms with Gasteiger partial charge in [-0.05, 0) is 81.4 Å². The van der Waals surface area contributed by atoms with E-state index in [9.17, 15) is 0 Å². The molecule has 1 aromatic carbocycles. The van der Waals surface area contributed by atoms with Crippen LogP contribution in [0.1, 0.15) is 65.0 Å². The molecule has 0 radical (unpaired) electrons. The summed E-state index contributed by atoms with van der Waals surface area (Å²) in [5.41, 5.74) is 6.24. The predicted octanol–water partition coefficient (Wildman–Crippen LogP) is 7.54. The van der Waals surface area contributed by atoms with Crippen molar-refractivity contribution in [3.8, 4) is 0 Å². The molecule has 0 nitrogen and oxygen atoms in total. The van der Waals surface area contributed by atoms with Gasteiger partial charge in [-0.25, -0.2) is 0 Å². The van der Waals surface area contributed by atoms with Crippen molar-refractivity contribution in [2.24, 2.45) is 5.92 Å². The van der Waals surface area contributed by atoms with E-state index < -0.39 is 0 Å². The minimum Gasteiger partial charge on any atom is -0.0813 e. The molecule has 1 aliphatic rings. The fourth-order valence-electron chi connectivity index (χ4n) is 3.62. The highest BCUT2D eigenvalue weighted by Crippen LogP contribution is 2.43. The SMILES string of the molecule is C/C=C(/I)CCC(C)C(=C/CC)/C=C1\Cc2ccccc2C1(C)C. The summed E-state index contributed by atoms with van der Waals surface area (Å²) in [6, 6.07) is 8.94. The fourth-order valence-corrected chi connectivity index (χ4v) is 3.93. The van der Waals surface area contributed by atoms with Crippen molar-refractivity contribution in [3.05, 3.63) is 68.3 Å². The standard InChI is InChI=1S/C23H31I/c1-6-10-18(17(3)13-14-21(24)7-2)15-20-16-19-11-8-9-12-22(19)23(20,4)5/h7-12,15,17H,6,13-14,16H2,1-5H3/b18-10+,20-15+,21-7+. The number of rotatable bonds is 6. The molecule has 0 bridgehead atoms. The molecule has 0 N–H and O–H groups in total. The first-order chi connectivity index (χ1) is 11.4. The molecule has 0 spiro atoms.